The predicted octanol–water partition coefficient (Wildman–Crippen LogP) is 1.41. The van der Waals surface area contributed by atoms with Crippen molar-refractivity contribution in [2.75, 3.05) is 6.67 Å². The maximum atomic E-state index is 11.8. The number of nitrogens with two attached hydrogens (primary N) is 1. The van der Waals surface area contributed by atoms with Gasteiger partial charge in [0.2, 0.25) is 0 Å². The van der Waals surface area contributed by atoms with E-state index < -0.39 is 23.9 Å². The lowest BCUT2D eigenvalue weighted by Crippen LogP contribution is -2.34. The Hall–Kier alpha value is -1.17. The molecule has 0 unspecified atom stereocenters. The van der Waals surface area contributed by atoms with Crippen molar-refractivity contribution in [3.63, 3.8) is 0 Å². The number of halogens is 1. The van der Waals surface area contributed by atoms with Crippen LogP contribution in [0.1, 0.15) is 38.5 Å². The number of carboxylic acid groups (broad SMARTS) is 2. The van der Waals surface area contributed by atoms with Gasteiger partial charge in [-0.3, -0.25) is 14.0 Å². The molecule has 0 aromatic rings. The van der Waals surface area contributed by atoms with E-state index in [1.807, 2.05) is 0 Å². The highest BCUT2D eigenvalue weighted by Gasteiger charge is 2.23. The lowest BCUT2D eigenvalue weighted by molar-refractivity contribution is -0.143. The Bertz CT molecular complexity index is 248. The van der Waals surface area contributed by atoms with Crippen LogP contribution in [0.3, 0.4) is 0 Å². The van der Waals surface area contributed by atoms with E-state index >= 15 is 0 Å². The molecular weight excluding hydrogens is 229 g/mol. The summed E-state index contributed by atoms with van der Waals surface area (Å²) in [7, 11) is 0. The Morgan fingerprint density at radius 1 is 1.06 bits per heavy atom. The quantitative estimate of drug-likeness (QED) is 0.508. The monoisotopic (exact) mass is 249 g/mol. The van der Waals surface area contributed by atoms with Gasteiger partial charge >= 0.3 is 11.9 Å². The van der Waals surface area contributed by atoms with Crippen molar-refractivity contribution >= 4 is 11.9 Å². The Morgan fingerprint density at radius 3 is 2.12 bits per heavy atom. The van der Waals surface area contributed by atoms with Gasteiger partial charge in [-0.15, -0.1) is 0 Å². The van der Waals surface area contributed by atoms with Crippen molar-refractivity contribution in [1.29, 1.82) is 0 Å². The predicted molar refractivity (Wildman–Crippen MR) is 60.4 cm³/mol. The fourth-order valence-corrected chi connectivity index (χ4v) is 1.59. The average molecular weight is 249 g/mol. The number of rotatable bonds is 10. The third-order valence-corrected chi connectivity index (χ3v) is 2.64. The highest BCUT2D eigenvalue weighted by molar-refractivity contribution is 5.75. The van der Waals surface area contributed by atoms with E-state index in [0.29, 0.717) is 19.3 Å². The Balaban J connectivity index is 3.91. The molecule has 0 aliphatic heterocycles. The number of carbonyl (C=O) groups is 2. The molecule has 0 heterocycles. The molecule has 0 spiro atoms. The van der Waals surface area contributed by atoms with Crippen LogP contribution in [0.4, 0.5) is 4.39 Å². The van der Waals surface area contributed by atoms with Gasteiger partial charge in [-0.25, -0.2) is 0 Å². The first-order valence-corrected chi connectivity index (χ1v) is 5.76. The molecule has 6 heteroatoms. The summed E-state index contributed by atoms with van der Waals surface area (Å²) in [5.74, 6) is -2.94. The molecule has 2 atom stereocenters. The molecule has 0 fully saturated rings. The SMILES string of the molecule is N[C@@H](C[C@H](CCCCCCF)C(=O)O)C(=O)O. The molecule has 0 aliphatic carbocycles. The van der Waals surface area contributed by atoms with Gasteiger partial charge in [0.05, 0.1) is 12.6 Å². The summed E-state index contributed by atoms with van der Waals surface area (Å²) in [4.78, 5) is 21.4. The first kappa shape index (κ1) is 15.8. The van der Waals surface area contributed by atoms with E-state index in [2.05, 4.69) is 0 Å². The van der Waals surface area contributed by atoms with Crippen LogP contribution >= 0.6 is 0 Å². The van der Waals surface area contributed by atoms with Crippen molar-refractivity contribution in [2.24, 2.45) is 11.7 Å². The smallest absolute Gasteiger partial charge is 0.320 e. The molecular formula is C11H20FNO4. The Labute approximate surface area is 99.8 Å². The second-order valence-electron chi connectivity index (χ2n) is 4.11. The van der Waals surface area contributed by atoms with Crippen LogP contribution in [0.15, 0.2) is 0 Å². The van der Waals surface area contributed by atoms with Crippen molar-refractivity contribution in [2.45, 2.75) is 44.6 Å². The largest absolute Gasteiger partial charge is 0.481 e. The Morgan fingerprint density at radius 2 is 1.65 bits per heavy atom. The molecule has 0 aliphatic rings. The van der Waals surface area contributed by atoms with E-state index in [1.54, 1.807) is 0 Å². The van der Waals surface area contributed by atoms with Crippen LogP contribution in [0.25, 0.3) is 0 Å². The van der Waals surface area contributed by atoms with Gasteiger partial charge in [0.1, 0.15) is 6.04 Å². The van der Waals surface area contributed by atoms with E-state index in [4.69, 9.17) is 15.9 Å². The van der Waals surface area contributed by atoms with E-state index in [1.165, 1.54) is 0 Å². The zero-order valence-electron chi connectivity index (χ0n) is 9.77. The van der Waals surface area contributed by atoms with Crippen LogP contribution in [-0.4, -0.2) is 34.9 Å². The third kappa shape index (κ3) is 7.68. The number of aliphatic carboxylic acids is 2. The van der Waals surface area contributed by atoms with Crippen LogP contribution in [0, 0.1) is 5.92 Å². The van der Waals surface area contributed by atoms with Crippen molar-refractivity contribution in [3.8, 4) is 0 Å². The number of hydrogen-bond donors (Lipinski definition) is 3. The lowest BCUT2D eigenvalue weighted by atomic mass is 9.94. The molecule has 0 amide bonds. The number of alkyl halides is 1. The molecule has 0 bridgehead atoms. The molecule has 0 aromatic heterocycles. The van der Waals surface area contributed by atoms with Crippen LogP contribution in [0.2, 0.25) is 0 Å². The van der Waals surface area contributed by atoms with Crippen LogP contribution in [0.5, 0.6) is 0 Å². The fourth-order valence-electron chi connectivity index (χ4n) is 1.59. The van der Waals surface area contributed by atoms with Crippen molar-refractivity contribution in [1.82, 2.24) is 0 Å². The van der Waals surface area contributed by atoms with Gasteiger partial charge in [-0.2, -0.15) is 0 Å². The van der Waals surface area contributed by atoms with Gasteiger partial charge in [-0.05, 0) is 19.3 Å². The van der Waals surface area contributed by atoms with E-state index in [0.717, 1.165) is 12.8 Å². The first-order chi connectivity index (χ1) is 7.99. The normalized spacial score (nSPS) is 14.2. The molecule has 0 saturated carbocycles. The minimum absolute atomic E-state index is 0.0617. The van der Waals surface area contributed by atoms with Gasteiger partial charge in [-0.1, -0.05) is 19.3 Å². The fraction of sp³-hybridized carbons (Fsp3) is 0.818. The second-order valence-corrected chi connectivity index (χ2v) is 4.11. The second kappa shape index (κ2) is 8.92. The molecule has 0 aromatic carbocycles. The molecule has 4 N–H and O–H groups in total. The molecule has 0 radical (unpaired) electrons. The maximum Gasteiger partial charge on any atom is 0.320 e. The van der Waals surface area contributed by atoms with E-state index in [-0.39, 0.29) is 13.1 Å². The standard InChI is InChI=1S/C11H20FNO4/c12-6-4-2-1-3-5-8(10(14)15)7-9(13)11(16)17/h8-9H,1-7,13H2,(H,14,15)(H,16,17)/t8-,9-/m0/s1. The van der Waals surface area contributed by atoms with Gasteiger partial charge in [0.25, 0.3) is 0 Å². The van der Waals surface area contributed by atoms with Crippen molar-refractivity contribution < 1.29 is 24.2 Å². The van der Waals surface area contributed by atoms with Crippen LogP contribution < -0.4 is 5.73 Å². The van der Waals surface area contributed by atoms with Gasteiger partial charge in [0, 0.05) is 0 Å². The summed E-state index contributed by atoms with van der Waals surface area (Å²) in [5, 5.41) is 17.5. The minimum Gasteiger partial charge on any atom is -0.481 e. The molecule has 5 nitrogen and oxygen atoms in total. The molecule has 0 saturated heterocycles. The minimum atomic E-state index is -1.19. The van der Waals surface area contributed by atoms with E-state index in [9.17, 15) is 14.0 Å². The molecule has 100 valence electrons. The third-order valence-electron chi connectivity index (χ3n) is 2.64. The van der Waals surface area contributed by atoms with Gasteiger partial charge < -0.3 is 15.9 Å². The number of hydrogen-bond acceptors (Lipinski definition) is 3. The van der Waals surface area contributed by atoms with Crippen LogP contribution in [-0.2, 0) is 9.59 Å². The zero-order valence-corrected chi connectivity index (χ0v) is 9.77. The van der Waals surface area contributed by atoms with Crippen molar-refractivity contribution in [3.05, 3.63) is 0 Å². The summed E-state index contributed by atoms with van der Waals surface area (Å²) in [5.41, 5.74) is 5.29. The topological polar surface area (TPSA) is 101 Å². The summed E-state index contributed by atoms with van der Waals surface area (Å²) < 4.78 is 11.8. The highest BCUT2D eigenvalue weighted by Crippen LogP contribution is 2.16. The summed E-state index contributed by atoms with van der Waals surface area (Å²) >= 11 is 0. The lowest BCUT2D eigenvalue weighted by Gasteiger charge is -2.14. The summed E-state index contributed by atoms with van der Waals surface area (Å²) in [6.45, 7) is -0.355. The number of carboxylic acids is 2. The zero-order chi connectivity index (χ0) is 13.3. The molecule has 17 heavy (non-hydrogen) atoms. The first-order valence-electron chi connectivity index (χ1n) is 5.76. The number of unbranched alkanes of at least 4 members (excludes halogenated alkanes) is 3. The molecule has 0 rings (SSSR count). The summed E-state index contributed by atoms with van der Waals surface area (Å²) in [6.07, 6.45) is 2.97. The van der Waals surface area contributed by atoms with Gasteiger partial charge in [0.15, 0.2) is 0 Å². The average Bonchev–Trinajstić information content (AvgIpc) is 2.26. The summed E-state index contributed by atoms with van der Waals surface area (Å²) in [6, 6.07) is -1.14. The Kier molecular flexibility index (Phi) is 8.31. The maximum absolute atomic E-state index is 11.8. The highest BCUT2D eigenvalue weighted by atomic mass is 19.1.